The molecule has 1 heterocycles. The van der Waals surface area contributed by atoms with Crippen LogP contribution in [0.3, 0.4) is 0 Å². The van der Waals surface area contributed by atoms with Crippen LogP contribution in [0.5, 0.6) is 0 Å². The predicted octanol–water partition coefficient (Wildman–Crippen LogP) is 2.40. The number of aromatic nitrogens is 1. The first kappa shape index (κ1) is 12.0. The summed E-state index contributed by atoms with van der Waals surface area (Å²) in [5.41, 5.74) is 4.50. The van der Waals surface area contributed by atoms with Crippen LogP contribution in [0.25, 0.3) is 0 Å². The summed E-state index contributed by atoms with van der Waals surface area (Å²) in [6.07, 6.45) is 8.58. The molecule has 0 amide bonds. The third kappa shape index (κ3) is 4.30. The van der Waals surface area contributed by atoms with Gasteiger partial charge >= 0.3 is 0 Å². The highest BCUT2D eigenvalue weighted by Crippen LogP contribution is 2.20. The first-order chi connectivity index (χ1) is 7.45. The summed E-state index contributed by atoms with van der Waals surface area (Å²) in [5.74, 6) is 1.02. The third-order valence-electron chi connectivity index (χ3n) is 2.62. The quantitative estimate of drug-likeness (QED) is 0.783. The van der Waals surface area contributed by atoms with E-state index in [4.69, 9.17) is 0 Å². The van der Waals surface area contributed by atoms with Gasteiger partial charge in [-0.1, -0.05) is 25.3 Å². The van der Waals surface area contributed by atoms with E-state index in [1.165, 1.54) is 39.2 Å². The van der Waals surface area contributed by atoms with Gasteiger partial charge in [0.25, 0.3) is 0 Å². The summed E-state index contributed by atoms with van der Waals surface area (Å²) >= 11 is 0. The SMILES string of the molecule is CN.c1ccc(NC2CCCCC2)nc1. The van der Waals surface area contributed by atoms with E-state index in [2.05, 4.69) is 16.0 Å². The fourth-order valence-corrected chi connectivity index (χ4v) is 1.90. The summed E-state index contributed by atoms with van der Waals surface area (Å²) in [7, 11) is 1.50. The molecular weight excluding hydrogens is 186 g/mol. The lowest BCUT2D eigenvalue weighted by Gasteiger charge is -2.23. The molecule has 1 saturated carbocycles. The maximum atomic E-state index is 4.50. The normalized spacial score (nSPS) is 16.4. The topological polar surface area (TPSA) is 50.9 Å². The number of pyridine rings is 1. The molecule has 2 rings (SSSR count). The van der Waals surface area contributed by atoms with Crippen molar-refractivity contribution < 1.29 is 0 Å². The average molecular weight is 207 g/mol. The summed E-state index contributed by atoms with van der Waals surface area (Å²) < 4.78 is 0. The minimum atomic E-state index is 0.656. The molecule has 15 heavy (non-hydrogen) atoms. The van der Waals surface area contributed by atoms with Gasteiger partial charge in [-0.15, -0.1) is 0 Å². The number of nitrogens with zero attached hydrogens (tertiary/aromatic N) is 1. The van der Waals surface area contributed by atoms with E-state index in [1.807, 2.05) is 24.4 Å². The summed E-state index contributed by atoms with van der Waals surface area (Å²) in [4.78, 5) is 4.26. The molecule has 0 unspecified atom stereocenters. The second-order valence-corrected chi connectivity index (χ2v) is 3.69. The molecule has 0 bridgehead atoms. The zero-order chi connectivity index (χ0) is 10.9. The Morgan fingerprint density at radius 3 is 2.53 bits per heavy atom. The molecule has 3 heteroatoms. The van der Waals surface area contributed by atoms with Crippen molar-refractivity contribution in [3.8, 4) is 0 Å². The van der Waals surface area contributed by atoms with Gasteiger partial charge in [-0.3, -0.25) is 0 Å². The second-order valence-electron chi connectivity index (χ2n) is 3.69. The van der Waals surface area contributed by atoms with Gasteiger partial charge < -0.3 is 11.1 Å². The van der Waals surface area contributed by atoms with E-state index in [1.54, 1.807) is 0 Å². The Morgan fingerprint density at radius 1 is 1.20 bits per heavy atom. The van der Waals surface area contributed by atoms with Crippen LogP contribution in [0.15, 0.2) is 24.4 Å². The lowest BCUT2D eigenvalue weighted by atomic mass is 9.95. The van der Waals surface area contributed by atoms with Gasteiger partial charge in [-0.05, 0) is 32.0 Å². The number of hydrogen-bond donors (Lipinski definition) is 2. The van der Waals surface area contributed by atoms with Crippen molar-refractivity contribution in [2.24, 2.45) is 5.73 Å². The van der Waals surface area contributed by atoms with E-state index < -0.39 is 0 Å². The Morgan fingerprint density at radius 2 is 1.93 bits per heavy atom. The molecule has 1 aliphatic carbocycles. The molecule has 0 aromatic carbocycles. The monoisotopic (exact) mass is 207 g/mol. The van der Waals surface area contributed by atoms with Crippen molar-refractivity contribution in [3.63, 3.8) is 0 Å². The number of anilines is 1. The molecule has 0 radical (unpaired) electrons. The Labute approximate surface area is 92.1 Å². The van der Waals surface area contributed by atoms with Crippen molar-refractivity contribution in [2.45, 2.75) is 38.1 Å². The molecule has 0 saturated heterocycles. The van der Waals surface area contributed by atoms with Crippen LogP contribution in [-0.2, 0) is 0 Å². The van der Waals surface area contributed by atoms with Gasteiger partial charge in [-0.2, -0.15) is 0 Å². The van der Waals surface area contributed by atoms with E-state index in [0.717, 1.165) is 5.82 Å². The minimum Gasteiger partial charge on any atom is -0.367 e. The van der Waals surface area contributed by atoms with Crippen molar-refractivity contribution >= 4 is 5.82 Å². The van der Waals surface area contributed by atoms with Crippen molar-refractivity contribution in [2.75, 3.05) is 12.4 Å². The van der Waals surface area contributed by atoms with Gasteiger partial charge in [-0.25, -0.2) is 4.98 Å². The number of hydrogen-bond acceptors (Lipinski definition) is 3. The van der Waals surface area contributed by atoms with E-state index in [9.17, 15) is 0 Å². The van der Waals surface area contributed by atoms with Gasteiger partial charge in [0.1, 0.15) is 5.82 Å². The number of rotatable bonds is 2. The molecule has 0 spiro atoms. The maximum absolute atomic E-state index is 4.50. The van der Waals surface area contributed by atoms with Gasteiger partial charge in [0.2, 0.25) is 0 Å². The maximum Gasteiger partial charge on any atom is 0.126 e. The lowest BCUT2D eigenvalue weighted by molar-refractivity contribution is 0.462. The number of nitrogens with two attached hydrogens (primary N) is 1. The second kappa shape index (κ2) is 7.23. The molecule has 1 aromatic rings. The van der Waals surface area contributed by atoms with Crippen molar-refractivity contribution in [3.05, 3.63) is 24.4 Å². The first-order valence-corrected chi connectivity index (χ1v) is 5.70. The fraction of sp³-hybridized carbons (Fsp3) is 0.583. The zero-order valence-corrected chi connectivity index (χ0v) is 9.45. The van der Waals surface area contributed by atoms with Crippen molar-refractivity contribution in [1.29, 1.82) is 0 Å². The van der Waals surface area contributed by atoms with Crippen LogP contribution < -0.4 is 11.1 Å². The molecule has 3 N–H and O–H groups in total. The first-order valence-electron chi connectivity index (χ1n) is 5.70. The number of nitrogens with one attached hydrogen (secondary N) is 1. The highest BCUT2D eigenvalue weighted by molar-refractivity contribution is 5.34. The van der Waals surface area contributed by atoms with E-state index in [-0.39, 0.29) is 0 Å². The lowest BCUT2D eigenvalue weighted by Crippen LogP contribution is -2.22. The molecule has 1 fully saturated rings. The summed E-state index contributed by atoms with van der Waals surface area (Å²) in [6.45, 7) is 0. The molecule has 1 aliphatic rings. The largest absolute Gasteiger partial charge is 0.367 e. The average Bonchev–Trinajstić information content (AvgIpc) is 2.34. The minimum absolute atomic E-state index is 0.656. The summed E-state index contributed by atoms with van der Waals surface area (Å²) in [6, 6.07) is 6.67. The Bertz CT molecular complexity index is 242. The Kier molecular flexibility index (Phi) is 5.78. The van der Waals surface area contributed by atoms with Crippen molar-refractivity contribution in [1.82, 2.24) is 4.98 Å². The standard InChI is InChI=1S/C11H16N2.CH5N/c1-2-6-10(7-3-1)13-11-8-4-5-9-12-11;1-2/h4-5,8-10H,1-3,6-7H2,(H,12,13);2H2,1H3. The molecule has 0 atom stereocenters. The van der Waals surface area contributed by atoms with Gasteiger partial charge in [0, 0.05) is 12.2 Å². The fourth-order valence-electron chi connectivity index (χ4n) is 1.90. The predicted molar refractivity (Wildman–Crippen MR) is 64.8 cm³/mol. The third-order valence-corrected chi connectivity index (χ3v) is 2.62. The molecular formula is C12H21N3. The smallest absolute Gasteiger partial charge is 0.126 e. The highest BCUT2D eigenvalue weighted by Gasteiger charge is 2.12. The van der Waals surface area contributed by atoms with Crippen LogP contribution >= 0.6 is 0 Å². The Hall–Kier alpha value is -1.09. The molecule has 3 nitrogen and oxygen atoms in total. The van der Waals surface area contributed by atoms with E-state index in [0.29, 0.717) is 6.04 Å². The Balaban J connectivity index is 0.000000531. The van der Waals surface area contributed by atoms with Gasteiger partial charge in [0.05, 0.1) is 0 Å². The van der Waals surface area contributed by atoms with Crippen LogP contribution in [0.2, 0.25) is 0 Å². The van der Waals surface area contributed by atoms with Gasteiger partial charge in [0.15, 0.2) is 0 Å². The van der Waals surface area contributed by atoms with E-state index >= 15 is 0 Å². The van der Waals surface area contributed by atoms with Crippen LogP contribution in [0.4, 0.5) is 5.82 Å². The molecule has 1 aromatic heterocycles. The van der Waals surface area contributed by atoms with Crippen LogP contribution in [0.1, 0.15) is 32.1 Å². The molecule has 84 valence electrons. The molecule has 0 aliphatic heterocycles. The zero-order valence-electron chi connectivity index (χ0n) is 9.45. The van der Waals surface area contributed by atoms with Crippen LogP contribution in [-0.4, -0.2) is 18.1 Å². The highest BCUT2D eigenvalue weighted by atomic mass is 15.0. The summed E-state index contributed by atoms with van der Waals surface area (Å²) in [5, 5.41) is 3.47. The van der Waals surface area contributed by atoms with Crippen LogP contribution in [0, 0.1) is 0 Å².